The fourth-order valence-corrected chi connectivity index (χ4v) is 3.86. The molecule has 1 amide bonds. The lowest BCUT2D eigenvalue weighted by molar-refractivity contribution is -0.121. The van der Waals surface area contributed by atoms with Crippen molar-refractivity contribution in [2.45, 2.75) is 36.7 Å². The molecule has 1 aliphatic heterocycles. The number of carbonyl (C=O) groups is 1. The third kappa shape index (κ3) is 5.85. The zero-order chi connectivity index (χ0) is 20.1. The monoisotopic (exact) mass is 405 g/mol. The molecule has 0 spiro atoms. The summed E-state index contributed by atoms with van der Waals surface area (Å²) in [6.45, 7) is 2.51. The van der Waals surface area contributed by atoms with Crippen molar-refractivity contribution in [3.05, 3.63) is 65.5 Å². The number of carbonyl (C=O) groups excluding carboxylic acids is 1. The molecule has 1 heterocycles. The molecule has 0 unspecified atom stereocenters. The van der Waals surface area contributed by atoms with Gasteiger partial charge in [0.15, 0.2) is 0 Å². The second kappa shape index (κ2) is 8.81. The molecule has 1 saturated heterocycles. The summed E-state index contributed by atoms with van der Waals surface area (Å²) in [4.78, 5) is 14.6. The topological polar surface area (TPSA) is 92.5 Å². The zero-order valence-electron chi connectivity index (χ0n) is 15.5. The molecule has 6 nitrogen and oxygen atoms in total. The van der Waals surface area contributed by atoms with E-state index in [4.69, 9.17) is 5.14 Å². The number of nitrogens with zero attached hydrogens (tertiary/aromatic N) is 1. The minimum atomic E-state index is -3.72. The number of nitrogens with one attached hydrogen (secondary N) is 1. The number of hydrogen-bond acceptors (Lipinski definition) is 4. The van der Waals surface area contributed by atoms with Crippen molar-refractivity contribution in [2.75, 3.05) is 13.1 Å². The maximum atomic E-state index is 13.0. The fourth-order valence-electron chi connectivity index (χ4n) is 3.34. The van der Waals surface area contributed by atoms with E-state index in [-0.39, 0.29) is 29.1 Å². The van der Waals surface area contributed by atoms with Crippen molar-refractivity contribution in [1.29, 1.82) is 0 Å². The van der Waals surface area contributed by atoms with E-state index >= 15 is 0 Å². The van der Waals surface area contributed by atoms with E-state index in [1.54, 1.807) is 24.3 Å². The van der Waals surface area contributed by atoms with E-state index in [9.17, 15) is 17.6 Å². The van der Waals surface area contributed by atoms with Crippen LogP contribution in [0.2, 0.25) is 0 Å². The highest BCUT2D eigenvalue weighted by Crippen LogP contribution is 2.15. The van der Waals surface area contributed by atoms with Gasteiger partial charge in [0.05, 0.1) is 11.3 Å². The number of halogens is 1. The number of benzene rings is 2. The third-order valence-corrected chi connectivity index (χ3v) is 5.82. The maximum Gasteiger partial charge on any atom is 0.238 e. The molecule has 1 fully saturated rings. The Morgan fingerprint density at radius 1 is 1.04 bits per heavy atom. The Hall–Kier alpha value is -2.29. The quantitative estimate of drug-likeness (QED) is 0.767. The Balaban J connectivity index is 1.44. The lowest BCUT2D eigenvalue weighted by Crippen LogP contribution is -2.44. The maximum absolute atomic E-state index is 13.0. The molecule has 3 N–H and O–H groups in total. The van der Waals surface area contributed by atoms with E-state index in [0.29, 0.717) is 0 Å². The number of amides is 1. The standard InChI is InChI=1S/C20H24FN3O3S/c21-17-5-1-16(2-6-17)14-24-11-9-18(10-12-24)23-20(25)13-15-3-7-19(8-4-15)28(22,26)27/h1-8,18H,9-14H2,(H,23,25)(H2,22,26,27). The van der Waals surface area contributed by atoms with Gasteiger partial charge in [0.1, 0.15) is 5.82 Å². The van der Waals surface area contributed by atoms with Gasteiger partial charge in [0, 0.05) is 25.7 Å². The second-order valence-electron chi connectivity index (χ2n) is 7.11. The van der Waals surface area contributed by atoms with E-state index < -0.39 is 10.0 Å². The molecule has 3 rings (SSSR count). The first-order valence-electron chi connectivity index (χ1n) is 9.17. The number of nitrogens with two attached hydrogens (primary N) is 1. The Morgan fingerprint density at radius 3 is 2.18 bits per heavy atom. The average Bonchev–Trinajstić information content (AvgIpc) is 2.65. The molecular weight excluding hydrogens is 381 g/mol. The molecule has 2 aromatic rings. The van der Waals surface area contributed by atoms with Gasteiger partial charge in [-0.1, -0.05) is 24.3 Å². The Morgan fingerprint density at radius 2 is 1.61 bits per heavy atom. The molecule has 0 bridgehead atoms. The fraction of sp³-hybridized carbons (Fsp3) is 0.350. The molecular formula is C20H24FN3O3S. The van der Waals surface area contributed by atoms with Crippen molar-refractivity contribution in [3.63, 3.8) is 0 Å². The number of rotatable bonds is 6. The Bertz CT molecular complexity index is 907. The highest BCUT2D eigenvalue weighted by atomic mass is 32.2. The van der Waals surface area contributed by atoms with Crippen molar-refractivity contribution >= 4 is 15.9 Å². The van der Waals surface area contributed by atoms with Crippen LogP contribution in [0.15, 0.2) is 53.4 Å². The average molecular weight is 405 g/mol. The van der Waals surface area contributed by atoms with Crippen LogP contribution in [0.4, 0.5) is 4.39 Å². The van der Waals surface area contributed by atoms with Crippen LogP contribution in [-0.2, 0) is 27.8 Å². The lowest BCUT2D eigenvalue weighted by atomic mass is 10.0. The summed E-state index contributed by atoms with van der Waals surface area (Å²) in [6.07, 6.45) is 1.91. The van der Waals surface area contributed by atoms with Crippen LogP contribution >= 0.6 is 0 Å². The molecule has 0 radical (unpaired) electrons. The number of hydrogen-bond donors (Lipinski definition) is 2. The number of likely N-dealkylation sites (tertiary alicyclic amines) is 1. The smallest absolute Gasteiger partial charge is 0.238 e. The van der Waals surface area contributed by atoms with Gasteiger partial charge < -0.3 is 5.32 Å². The predicted octanol–water partition coefficient (Wildman–Crippen LogP) is 1.80. The normalized spacial score (nSPS) is 16.1. The summed E-state index contributed by atoms with van der Waals surface area (Å²) in [5.74, 6) is -0.315. The summed E-state index contributed by atoms with van der Waals surface area (Å²) >= 11 is 0. The second-order valence-corrected chi connectivity index (χ2v) is 8.67. The third-order valence-electron chi connectivity index (χ3n) is 4.89. The molecule has 0 aromatic heterocycles. The largest absolute Gasteiger partial charge is 0.353 e. The van der Waals surface area contributed by atoms with Crippen molar-refractivity contribution in [1.82, 2.24) is 10.2 Å². The van der Waals surface area contributed by atoms with Gasteiger partial charge in [0.2, 0.25) is 15.9 Å². The van der Waals surface area contributed by atoms with Gasteiger partial charge in [-0.05, 0) is 48.2 Å². The highest BCUT2D eigenvalue weighted by molar-refractivity contribution is 7.89. The Labute approximate surface area is 164 Å². The van der Waals surface area contributed by atoms with E-state index in [2.05, 4.69) is 10.2 Å². The summed E-state index contributed by atoms with van der Waals surface area (Å²) < 4.78 is 35.5. The van der Waals surface area contributed by atoms with Gasteiger partial charge in [-0.15, -0.1) is 0 Å². The van der Waals surface area contributed by atoms with Crippen LogP contribution in [0.3, 0.4) is 0 Å². The zero-order valence-corrected chi connectivity index (χ0v) is 16.3. The molecule has 0 saturated carbocycles. The van der Waals surface area contributed by atoms with Crippen LogP contribution in [0.1, 0.15) is 24.0 Å². The molecule has 0 atom stereocenters. The molecule has 150 valence electrons. The van der Waals surface area contributed by atoms with E-state index in [1.165, 1.54) is 24.3 Å². The summed E-state index contributed by atoms with van der Waals surface area (Å²) in [5, 5.41) is 8.12. The molecule has 8 heteroatoms. The van der Waals surface area contributed by atoms with Crippen LogP contribution in [0.25, 0.3) is 0 Å². The van der Waals surface area contributed by atoms with Gasteiger partial charge in [-0.25, -0.2) is 17.9 Å². The number of primary sulfonamides is 1. The molecule has 28 heavy (non-hydrogen) atoms. The van der Waals surface area contributed by atoms with Gasteiger partial charge in [0.25, 0.3) is 0 Å². The van der Waals surface area contributed by atoms with Crippen LogP contribution in [0.5, 0.6) is 0 Å². The first-order valence-corrected chi connectivity index (χ1v) is 10.7. The molecule has 1 aliphatic rings. The molecule has 2 aromatic carbocycles. The van der Waals surface area contributed by atoms with Crippen LogP contribution in [0, 0.1) is 5.82 Å². The first kappa shape index (κ1) is 20.4. The first-order chi connectivity index (χ1) is 13.3. The highest BCUT2D eigenvalue weighted by Gasteiger charge is 2.21. The van der Waals surface area contributed by atoms with Gasteiger partial charge in [-0.2, -0.15) is 0 Å². The van der Waals surface area contributed by atoms with Gasteiger partial charge in [-0.3, -0.25) is 9.69 Å². The minimum Gasteiger partial charge on any atom is -0.353 e. The minimum absolute atomic E-state index is 0.0326. The van der Waals surface area contributed by atoms with Crippen molar-refractivity contribution < 1.29 is 17.6 Å². The van der Waals surface area contributed by atoms with Crippen LogP contribution in [-0.4, -0.2) is 38.4 Å². The summed E-state index contributed by atoms with van der Waals surface area (Å²) in [7, 11) is -3.72. The van der Waals surface area contributed by atoms with E-state index in [1.807, 2.05) is 0 Å². The summed E-state index contributed by atoms with van der Waals surface area (Å²) in [5.41, 5.74) is 1.81. The number of piperidine rings is 1. The Kier molecular flexibility index (Phi) is 6.43. The van der Waals surface area contributed by atoms with Crippen molar-refractivity contribution in [2.24, 2.45) is 5.14 Å². The van der Waals surface area contributed by atoms with Crippen LogP contribution < -0.4 is 10.5 Å². The van der Waals surface area contributed by atoms with E-state index in [0.717, 1.165) is 43.6 Å². The predicted molar refractivity (Wildman–Crippen MR) is 104 cm³/mol. The summed E-state index contributed by atoms with van der Waals surface area (Å²) in [6, 6.07) is 12.7. The lowest BCUT2D eigenvalue weighted by Gasteiger charge is -2.32. The SMILES string of the molecule is NS(=O)(=O)c1ccc(CC(=O)NC2CCN(Cc3ccc(F)cc3)CC2)cc1. The van der Waals surface area contributed by atoms with Gasteiger partial charge >= 0.3 is 0 Å². The van der Waals surface area contributed by atoms with Crippen molar-refractivity contribution in [3.8, 4) is 0 Å². The number of sulfonamides is 1. The molecule has 0 aliphatic carbocycles.